The topological polar surface area (TPSA) is 47.6 Å². The van der Waals surface area contributed by atoms with Crippen LogP contribution in [0.15, 0.2) is 0 Å². The molecule has 0 spiro atoms. The fraction of sp³-hybridized carbons (Fsp3) is 0.889. The summed E-state index contributed by atoms with van der Waals surface area (Å²) in [6, 6.07) is 0. The summed E-state index contributed by atoms with van der Waals surface area (Å²) in [6.07, 6.45) is 1.92. The molecule has 13 heavy (non-hydrogen) atoms. The normalized spacial score (nSPS) is 18.5. The molecular weight excluding hydrogens is 170 g/mol. The monoisotopic (exact) mass is 187 g/mol. The van der Waals surface area contributed by atoms with Gasteiger partial charge in [0.05, 0.1) is 0 Å². The van der Waals surface area contributed by atoms with E-state index in [1.807, 2.05) is 6.92 Å². The third kappa shape index (κ3) is 4.24. The van der Waals surface area contributed by atoms with Crippen molar-refractivity contribution in [2.75, 3.05) is 26.3 Å². The highest BCUT2D eigenvalue weighted by Crippen LogP contribution is 2.07. The van der Waals surface area contributed by atoms with E-state index >= 15 is 0 Å². The molecule has 0 aromatic heterocycles. The Kier molecular flexibility index (Phi) is 4.78. The van der Waals surface area contributed by atoms with Gasteiger partial charge in [-0.3, -0.25) is 0 Å². The van der Waals surface area contributed by atoms with Gasteiger partial charge in [0.25, 0.3) is 0 Å². The maximum atomic E-state index is 11.1. The number of esters is 1. The van der Waals surface area contributed by atoms with Gasteiger partial charge in [-0.2, -0.15) is 0 Å². The minimum atomic E-state index is -0.242. The van der Waals surface area contributed by atoms with E-state index in [0.29, 0.717) is 6.61 Å². The number of hydrogen-bond donors (Lipinski definition) is 1. The molecule has 0 radical (unpaired) electrons. The van der Waals surface area contributed by atoms with Crippen molar-refractivity contribution in [3.8, 4) is 0 Å². The molecule has 1 aliphatic heterocycles. The Hall–Kier alpha value is -0.610. The zero-order valence-corrected chi connectivity index (χ0v) is 8.04. The molecule has 0 aromatic rings. The average molecular weight is 187 g/mol. The second-order valence-corrected chi connectivity index (χ2v) is 3.08. The Morgan fingerprint density at radius 2 is 2.15 bits per heavy atom. The van der Waals surface area contributed by atoms with Gasteiger partial charge in [-0.15, -0.1) is 0 Å². The molecule has 1 rings (SSSR count). The summed E-state index contributed by atoms with van der Waals surface area (Å²) in [6.45, 7) is 4.37. The minimum Gasteiger partial charge on any atom is -0.461 e. The average Bonchev–Trinajstić information content (AvgIpc) is 2.16. The molecule has 1 fully saturated rings. The number of hydrogen-bond acceptors (Lipinski definition) is 4. The van der Waals surface area contributed by atoms with E-state index in [4.69, 9.17) is 9.47 Å². The predicted octanol–water partition coefficient (Wildman–Crippen LogP) is 0.318. The van der Waals surface area contributed by atoms with Crippen LogP contribution in [0.1, 0.15) is 19.8 Å². The number of nitrogens with one attached hydrogen (secondary N) is 1. The van der Waals surface area contributed by atoms with E-state index in [9.17, 15) is 4.79 Å². The van der Waals surface area contributed by atoms with Gasteiger partial charge in [0.15, 0.2) is 0 Å². The molecule has 0 amide bonds. The summed E-state index contributed by atoms with van der Waals surface area (Å²) in [5.41, 5.74) is 0. The summed E-state index contributed by atoms with van der Waals surface area (Å²) >= 11 is 0. The van der Waals surface area contributed by atoms with Crippen LogP contribution in [0.5, 0.6) is 0 Å². The lowest BCUT2D eigenvalue weighted by molar-refractivity contribution is -0.155. The fourth-order valence-electron chi connectivity index (χ4n) is 1.32. The first kappa shape index (κ1) is 10.5. The van der Waals surface area contributed by atoms with Crippen molar-refractivity contribution in [1.29, 1.82) is 0 Å². The Morgan fingerprint density at radius 1 is 1.46 bits per heavy atom. The number of carbonyl (C=O) groups excluding carboxylic acids is 1. The molecule has 0 unspecified atom stereocenters. The van der Waals surface area contributed by atoms with Crippen LogP contribution in [-0.2, 0) is 14.3 Å². The third-order valence-electron chi connectivity index (χ3n) is 2.01. The van der Waals surface area contributed by atoms with Crippen LogP contribution in [-0.4, -0.2) is 38.4 Å². The van der Waals surface area contributed by atoms with Crippen molar-refractivity contribution >= 4 is 5.97 Å². The van der Waals surface area contributed by atoms with E-state index in [1.165, 1.54) is 0 Å². The minimum absolute atomic E-state index is 0.0838. The summed E-state index contributed by atoms with van der Waals surface area (Å²) in [5.74, 6) is -0.242. The summed E-state index contributed by atoms with van der Waals surface area (Å²) < 4.78 is 10.1. The molecule has 0 saturated carbocycles. The lowest BCUT2D eigenvalue weighted by Crippen LogP contribution is -2.34. The molecule has 0 aliphatic carbocycles. The highest BCUT2D eigenvalue weighted by Gasteiger charge is 2.16. The van der Waals surface area contributed by atoms with Crippen molar-refractivity contribution < 1.29 is 14.3 Å². The number of carbonyl (C=O) groups is 1. The first-order valence-electron chi connectivity index (χ1n) is 4.81. The highest BCUT2D eigenvalue weighted by molar-refractivity contribution is 5.70. The van der Waals surface area contributed by atoms with Crippen molar-refractivity contribution in [2.24, 2.45) is 0 Å². The molecule has 1 aliphatic rings. The highest BCUT2D eigenvalue weighted by atomic mass is 16.6. The first-order valence-corrected chi connectivity index (χ1v) is 4.81. The number of piperidine rings is 1. The van der Waals surface area contributed by atoms with Gasteiger partial charge in [-0.1, -0.05) is 0 Å². The lowest BCUT2D eigenvalue weighted by Gasteiger charge is -2.22. The zero-order valence-electron chi connectivity index (χ0n) is 8.04. The zero-order chi connectivity index (χ0) is 9.52. The van der Waals surface area contributed by atoms with Gasteiger partial charge < -0.3 is 14.8 Å². The van der Waals surface area contributed by atoms with Gasteiger partial charge in [0.1, 0.15) is 12.7 Å². The van der Waals surface area contributed by atoms with Crippen LogP contribution in [0.25, 0.3) is 0 Å². The van der Waals surface area contributed by atoms with Crippen LogP contribution in [0.4, 0.5) is 0 Å². The summed E-state index contributed by atoms with van der Waals surface area (Å²) in [5, 5.41) is 3.21. The maximum Gasteiger partial charge on any atom is 0.332 e. The molecule has 0 aromatic carbocycles. The van der Waals surface area contributed by atoms with Crippen molar-refractivity contribution in [2.45, 2.75) is 25.9 Å². The Morgan fingerprint density at radius 3 is 2.77 bits per heavy atom. The van der Waals surface area contributed by atoms with Crippen molar-refractivity contribution in [3.05, 3.63) is 0 Å². The van der Waals surface area contributed by atoms with Crippen LogP contribution >= 0.6 is 0 Å². The maximum absolute atomic E-state index is 11.1. The van der Waals surface area contributed by atoms with E-state index < -0.39 is 0 Å². The Labute approximate surface area is 78.6 Å². The first-order chi connectivity index (χ1) is 6.33. The van der Waals surface area contributed by atoms with Gasteiger partial charge in [0.2, 0.25) is 0 Å². The fourth-order valence-corrected chi connectivity index (χ4v) is 1.32. The quantitative estimate of drug-likeness (QED) is 0.644. The van der Waals surface area contributed by atoms with Crippen molar-refractivity contribution in [1.82, 2.24) is 5.32 Å². The largest absolute Gasteiger partial charge is 0.461 e. The standard InChI is InChI=1S/C9H17NO3/c1-2-12-7-9(11)13-8-3-5-10-6-4-8/h8,10H,2-7H2,1H3. The molecule has 0 bridgehead atoms. The summed E-state index contributed by atoms with van der Waals surface area (Å²) in [4.78, 5) is 11.1. The smallest absolute Gasteiger partial charge is 0.332 e. The second kappa shape index (κ2) is 5.94. The molecule has 4 nitrogen and oxygen atoms in total. The second-order valence-electron chi connectivity index (χ2n) is 3.08. The third-order valence-corrected chi connectivity index (χ3v) is 2.01. The molecule has 4 heteroatoms. The van der Waals surface area contributed by atoms with Gasteiger partial charge in [-0.05, 0) is 32.9 Å². The molecule has 76 valence electrons. The van der Waals surface area contributed by atoms with Crippen LogP contribution in [0.3, 0.4) is 0 Å². The Bertz CT molecular complexity index is 155. The van der Waals surface area contributed by atoms with Crippen molar-refractivity contribution in [3.63, 3.8) is 0 Å². The van der Waals surface area contributed by atoms with E-state index in [-0.39, 0.29) is 18.7 Å². The van der Waals surface area contributed by atoms with E-state index in [2.05, 4.69) is 5.32 Å². The van der Waals surface area contributed by atoms with E-state index in [1.54, 1.807) is 0 Å². The summed E-state index contributed by atoms with van der Waals surface area (Å²) in [7, 11) is 0. The molecule has 1 saturated heterocycles. The van der Waals surface area contributed by atoms with Gasteiger partial charge in [0, 0.05) is 6.61 Å². The SMILES string of the molecule is CCOCC(=O)OC1CCNCC1. The Balaban J connectivity index is 2.11. The lowest BCUT2D eigenvalue weighted by atomic mass is 10.1. The molecular formula is C9H17NO3. The van der Waals surface area contributed by atoms with Gasteiger partial charge >= 0.3 is 5.97 Å². The van der Waals surface area contributed by atoms with Crippen LogP contribution in [0, 0.1) is 0 Å². The van der Waals surface area contributed by atoms with Crippen LogP contribution < -0.4 is 5.32 Å². The van der Waals surface area contributed by atoms with E-state index in [0.717, 1.165) is 25.9 Å². The number of ether oxygens (including phenoxy) is 2. The number of rotatable bonds is 4. The molecule has 0 atom stereocenters. The predicted molar refractivity (Wildman–Crippen MR) is 48.5 cm³/mol. The molecule has 1 heterocycles. The molecule has 1 N–H and O–H groups in total. The van der Waals surface area contributed by atoms with Gasteiger partial charge in [-0.25, -0.2) is 4.79 Å². The van der Waals surface area contributed by atoms with Crippen LogP contribution in [0.2, 0.25) is 0 Å².